The maximum absolute atomic E-state index is 13.2. The molecule has 2 unspecified atom stereocenters. The molecule has 9 heteroatoms. The fourth-order valence-corrected chi connectivity index (χ4v) is 3.19. The fourth-order valence-electron chi connectivity index (χ4n) is 3.19. The number of amides is 2. The van der Waals surface area contributed by atoms with Crippen LogP contribution < -0.4 is 19.4 Å². The molecule has 2 aliphatic heterocycles. The molecule has 0 aliphatic carbocycles. The van der Waals surface area contributed by atoms with Gasteiger partial charge in [-0.3, -0.25) is 9.59 Å². The van der Waals surface area contributed by atoms with Gasteiger partial charge < -0.3 is 9.47 Å². The van der Waals surface area contributed by atoms with Crippen molar-refractivity contribution in [2.24, 2.45) is 10.3 Å². The summed E-state index contributed by atoms with van der Waals surface area (Å²) in [5.74, 6) is -0.444. The molecule has 0 radical (unpaired) electrons. The number of carbonyl (C=O) groups excluding carboxylic acids is 2. The number of methoxy groups -OCH3 is 2. The predicted molar refractivity (Wildman–Crippen MR) is 93.4 cm³/mol. The third kappa shape index (κ3) is 2.59. The summed E-state index contributed by atoms with van der Waals surface area (Å²) < 4.78 is 23.6. The van der Waals surface area contributed by atoms with Crippen molar-refractivity contribution in [3.05, 3.63) is 48.3 Å². The van der Waals surface area contributed by atoms with Crippen LogP contribution in [0.25, 0.3) is 0 Å². The molecule has 0 N–H and O–H groups in total. The highest BCUT2D eigenvalue weighted by Crippen LogP contribution is 2.38. The fraction of sp³-hybridized carbons (Fsp3) is 0.222. The van der Waals surface area contributed by atoms with E-state index in [0.29, 0.717) is 22.9 Å². The summed E-state index contributed by atoms with van der Waals surface area (Å²) in [6.45, 7) is 0. The number of benzene rings is 2. The average molecular weight is 370 g/mol. The van der Waals surface area contributed by atoms with E-state index in [-0.39, 0.29) is 0 Å². The number of halogens is 1. The Kier molecular flexibility index (Phi) is 3.98. The van der Waals surface area contributed by atoms with Crippen LogP contribution in [-0.4, -0.2) is 38.1 Å². The molecule has 0 bridgehead atoms. The number of fused-ring (bicyclic) bond motifs is 1. The second kappa shape index (κ2) is 6.35. The molecule has 2 amide bonds. The van der Waals surface area contributed by atoms with Crippen molar-refractivity contribution in [2.45, 2.75) is 12.1 Å². The summed E-state index contributed by atoms with van der Waals surface area (Å²) in [5.41, 5.74) is 0.828. The summed E-state index contributed by atoms with van der Waals surface area (Å²) in [5, 5.41) is 9.35. The van der Waals surface area contributed by atoms with Gasteiger partial charge in [0.15, 0.2) is 23.6 Å². The Labute approximate surface area is 153 Å². The van der Waals surface area contributed by atoms with Crippen molar-refractivity contribution in [2.75, 3.05) is 24.1 Å². The van der Waals surface area contributed by atoms with E-state index >= 15 is 0 Å². The number of anilines is 2. The minimum atomic E-state index is -0.948. The van der Waals surface area contributed by atoms with E-state index in [1.165, 1.54) is 43.5 Å². The van der Waals surface area contributed by atoms with E-state index in [2.05, 4.69) is 10.3 Å². The zero-order valence-electron chi connectivity index (χ0n) is 14.5. The number of ether oxygens (including phenoxy) is 2. The van der Waals surface area contributed by atoms with E-state index in [9.17, 15) is 14.0 Å². The van der Waals surface area contributed by atoms with Gasteiger partial charge in [-0.1, -0.05) is 5.22 Å². The van der Waals surface area contributed by atoms with Gasteiger partial charge in [0.1, 0.15) is 5.82 Å². The highest BCUT2D eigenvalue weighted by atomic mass is 19.1. The van der Waals surface area contributed by atoms with Gasteiger partial charge in [0, 0.05) is 6.07 Å². The summed E-state index contributed by atoms with van der Waals surface area (Å²) in [7, 11) is 3.01. The number of rotatable bonds is 4. The Hall–Kier alpha value is -3.49. The molecular formula is C18H15FN4O4. The average Bonchev–Trinajstić information content (AvgIpc) is 3.23. The third-order valence-corrected chi connectivity index (χ3v) is 4.50. The van der Waals surface area contributed by atoms with Gasteiger partial charge in [-0.25, -0.2) is 14.3 Å². The topological polar surface area (TPSA) is 83.8 Å². The molecule has 2 heterocycles. The van der Waals surface area contributed by atoms with Crippen LogP contribution in [0.1, 0.15) is 0 Å². The molecule has 27 heavy (non-hydrogen) atoms. The summed E-state index contributed by atoms with van der Waals surface area (Å²) in [6, 6.07) is 8.32. The standard InChI is InChI=1S/C18H15FN4O4/c1-26-13-8-7-12(9-14(13)27-2)23-16-15(20-21-23)17(24)22(18(16)25)11-5-3-10(19)4-6-11/h3-9,15-16H,1-2H3. The molecular weight excluding hydrogens is 355 g/mol. The van der Waals surface area contributed by atoms with Crippen molar-refractivity contribution in [3.8, 4) is 11.5 Å². The summed E-state index contributed by atoms with van der Waals surface area (Å²) in [4.78, 5) is 26.6. The molecule has 2 aromatic rings. The molecule has 0 saturated carbocycles. The Bertz CT molecular complexity index is 947. The lowest BCUT2D eigenvalue weighted by Crippen LogP contribution is -2.39. The van der Waals surface area contributed by atoms with Crippen LogP contribution in [0.3, 0.4) is 0 Å². The first-order valence-corrected chi connectivity index (χ1v) is 8.10. The van der Waals surface area contributed by atoms with Crippen molar-refractivity contribution >= 4 is 23.2 Å². The van der Waals surface area contributed by atoms with E-state index in [1.54, 1.807) is 18.2 Å². The number of imide groups is 1. The van der Waals surface area contributed by atoms with Crippen LogP contribution in [0.5, 0.6) is 11.5 Å². The lowest BCUT2D eigenvalue weighted by Gasteiger charge is -2.21. The van der Waals surface area contributed by atoms with E-state index in [4.69, 9.17) is 9.47 Å². The minimum absolute atomic E-state index is 0.295. The molecule has 2 aromatic carbocycles. The van der Waals surface area contributed by atoms with E-state index < -0.39 is 29.7 Å². The maximum Gasteiger partial charge on any atom is 0.263 e. The van der Waals surface area contributed by atoms with Crippen molar-refractivity contribution in [1.29, 1.82) is 0 Å². The highest BCUT2D eigenvalue weighted by molar-refractivity contribution is 6.26. The van der Waals surface area contributed by atoms with Gasteiger partial charge in [-0.15, -0.1) is 0 Å². The minimum Gasteiger partial charge on any atom is -0.493 e. The largest absolute Gasteiger partial charge is 0.493 e. The third-order valence-electron chi connectivity index (χ3n) is 4.50. The Morgan fingerprint density at radius 1 is 0.926 bits per heavy atom. The van der Waals surface area contributed by atoms with E-state index in [1.807, 2.05) is 0 Å². The maximum atomic E-state index is 13.2. The Morgan fingerprint density at radius 2 is 1.59 bits per heavy atom. The summed E-state index contributed by atoms with van der Waals surface area (Å²) >= 11 is 0. The quantitative estimate of drug-likeness (QED) is 0.772. The lowest BCUT2D eigenvalue weighted by molar-refractivity contribution is -0.121. The van der Waals surface area contributed by atoms with Gasteiger partial charge >= 0.3 is 0 Å². The molecule has 2 atom stereocenters. The van der Waals surface area contributed by atoms with Crippen LogP contribution >= 0.6 is 0 Å². The molecule has 2 aliphatic rings. The lowest BCUT2D eigenvalue weighted by atomic mass is 10.1. The molecule has 4 rings (SSSR count). The number of hydrogen-bond acceptors (Lipinski definition) is 7. The first-order chi connectivity index (χ1) is 13.0. The number of nitrogens with zero attached hydrogens (tertiary/aromatic N) is 4. The zero-order chi connectivity index (χ0) is 19.1. The smallest absolute Gasteiger partial charge is 0.263 e. The van der Waals surface area contributed by atoms with Gasteiger partial charge in [-0.05, 0) is 36.4 Å². The molecule has 0 spiro atoms. The molecule has 138 valence electrons. The van der Waals surface area contributed by atoms with Crippen molar-refractivity contribution in [3.63, 3.8) is 0 Å². The predicted octanol–water partition coefficient (Wildman–Crippen LogP) is 2.34. The summed E-state index contributed by atoms with van der Waals surface area (Å²) in [6.07, 6.45) is 0. The van der Waals surface area contributed by atoms with E-state index in [0.717, 1.165) is 4.90 Å². The molecule has 0 aromatic heterocycles. The van der Waals surface area contributed by atoms with Crippen LogP contribution in [0, 0.1) is 5.82 Å². The molecule has 8 nitrogen and oxygen atoms in total. The molecule has 1 saturated heterocycles. The first kappa shape index (κ1) is 17.0. The van der Waals surface area contributed by atoms with Crippen LogP contribution in [0.2, 0.25) is 0 Å². The normalized spacial score (nSPS) is 21.0. The molecule has 1 fully saturated rings. The van der Waals surface area contributed by atoms with Gasteiger partial charge in [-0.2, -0.15) is 5.11 Å². The second-order valence-electron chi connectivity index (χ2n) is 5.97. The first-order valence-electron chi connectivity index (χ1n) is 8.10. The second-order valence-corrected chi connectivity index (χ2v) is 5.97. The van der Waals surface area contributed by atoms with Crippen molar-refractivity contribution in [1.82, 2.24) is 0 Å². The highest BCUT2D eigenvalue weighted by Gasteiger charge is 2.55. The SMILES string of the molecule is COc1ccc(N2N=NC3C(=O)N(c4ccc(F)cc4)C(=O)C32)cc1OC. The Balaban J connectivity index is 1.68. The number of hydrogen-bond donors (Lipinski definition) is 0. The monoisotopic (exact) mass is 370 g/mol. The van der Waals surface area contributed by atoms with Gasteiger partial charge in [0.25, 0.3) is 11.8 Å². The zero-order valence-corrected chi connectivity index (χ0v) is 14.5. The van der Waals surface area contributed by atoms with Gasteiger partial charge in [0.2, 0.25) is 0 Å². The van der Waals surface area contributed by atoms with Crippen LogP contribution in [0.15, 0.2) is 52.8 Å². The Morgan fingerprint density at radius 3 is 2.26 bits per heavy atom. The number of carbonyl (C=O) groups is 2. The van der Waals surface area contributed by atoms with Crippen LogP contribution in [-0.2, 0) is 9.59 Å². The van der Waals surface area contributed by atoms with Gasteiger partial charge in [0.05, 0.1) is 25.6 Å². The van der Waals surface area contributed by atoms with Crippen LogP contribution in [0.4, 0.5) is 15.8 Å². The van der Waals surface area contributed by atoms with Crippen molar-refractivity contribution < 1.29 is 23.5 Å².